The summed E-state index contributed by atoms with van der Waals surface area (Å²) in [7, 11) is 0. The first-order valence-electron chi connectivity index (χ1n) is 12.9. The number of amides is 1. The van der Waals surface area contributed by atoms with Crippen LogP contribution < -0.4 is 5.32 Å². The molecule has 3 N–H and O–H groups in total. The molecule has 2 fully saturated rings. The summed E-state index contributed by atoms with van der Waals surface area (Å²) in [5.41, 5.74) is -1.55. The van der Waals surface area contributed by atoms with Gasteiger partial charge in [0.2, 0.25) is 5.91 Å². The highest BCUT2D eigenvalue weighted by Gasteiger charge is 2.68. The zero-order chi connectivity index (χ0) is 27.1. The van der Waals surface area contributed by atoms with E-state index in [9.17, 15) is 24.6 Å². The van der Waals surface area contributed by atoms with Crippen molar-refractivity contribution in [2.75, 3.05) is 0 Å². The molecule has 1 saturated heterocycles. The van der Waals surface area contributed by atoms with E-state index in [4.69, 9.17) is 4.74 Å². The standard InChI is InChI=1S/C30H37NO6/c1-17-10-9-13-22-26(33)19(3)18(2)25-23(16-21-11-7-6-8-12-21)31-28(35)30(22,25)24(37-20(4)32)14-15-29(5,36)27(17)34/h6-9,11-15,17-18,22-26,33,36H,3,10,16H2,1-2,4-5H3,(H,31,35)/b13-9+,15-14+/t17-,18+,22-,23-,24+,25-,26+,29+,30-/m0/s1. The molecule has 1 aromatic rings. The second kappa shape index (κ2) is 10.0. The number of carbonyl (C=O) groups excluding carboxylic acids is 3. The number of aliphatic hydroxyl groups excluding tert-OH is 1. The van der Waals surface area contributed by atoms with Crippen LogP contribution in [0.2, 0.25) is 0 Å². The Bertz CT molecular complexity index is 1140. The van der Waals surface area contributed by atoms with E-state index in [1.165, 1.54) is 26.0 Å². The molecule has 0 radical (unpaired) electrons. The second-order valence-corrected chi connectivity index (χ2v) is 11.0. The number of allylic oxidation sites excluding steroid dienone is 1. The second-order valence-electron chi connectivity index (χ2n) is 11.0. The van der Waals surface area contributed by atoms with E-state index in [-0.39, 0.29) is 23.7 Å². The molecule has 1 amide bonds. The van der Waals surface area contributed by atoms with Crippen molar-refractivity contribution in [2.24, 2.45) is 29.1 Å². The number of aliphatic hydroxyl groups is 2. The lowest BCUT2D eigenvalue weighted by Gasteiger charge is -2.52. The molecule has 1 saturated carbocycles. The monoisotopic (exact) mass is 507 g/mol. The van der Waals surface area contributed by atoms with Crippen molar-refractivity contribution in [1.82, 2.24) is 5.32 Å². The number of ether oxygens (including phenoxy) is 1. The number of nitrogens with one attached hydrogen (secondary N) is 1. The number of hydrogen-bond donors (Lipinski definition) is 3. The van der Waals surface area contributed by atoms with E-state index >= 15 is 0 Å². The first-order valence-corrected chi connectivity index (χ1v) is 12.9. The van der Waals surface area contributed by atoms with Crippen molar-refractivity contribution in [2.45, 2.75) is 64.4 Å². The maximum Gasteiger partial charge on any atom is 0.303 e. The number of esters is 1. The van der Waals surface area contributed by atoms with E-state index in [2.05, 4.69) is 11.9 Å². The van der Waals surface area contributed by atoms with E-state index in [0.29, 0.717) is 18.4 Å². The van der Waals surface area contributed by atoms with Crippen molar-refractivity contribution in [3.8, 4) is 0 Å². The molecule has 1 spiro atoms. The van der Waals surface area contributed by atoms with Crippen LogP contribution in [0.5, 0.6) is 0 Å². The largest absolute Gasteiger partial charge is 0.457 e. The van der Waals surface area contributed by atoms with E-state index < -0.39 is 46.9 Å². The first kappa shape index (κ1) is 27.0. The lowest BCUT2D eigenvalue weighted by Crippen LogP contribution is -2.60. The summed E-state index contributed by atoms with van der Waals surface area (Å²) < 4.78 is 5.81. The van der Waals surface area contributed by atoms with Crippen molar-refractivity contribution in [3.63, 3.8) is 0 Å². The molecule has 1 aliphatic heterocycles. The summed E-state index contributed by atoms with van der Waals surface area (Å²) in [4.78, 5) is 39.5. The van der Waals surface area contributed by atoms with Crippen LogP contribution >= 0.6 is 0 Å². The van der Waals surface area contributed by atoms with Gasteiger partial charge in [-0.1, -0.05) is 62.9 Å². The minimum absolute atomic E-state index is 0.287. The van der Waals surface area contributed by atoms with Gasteiger partial charge in [0.1, 0.15) is 17.1 Å². The maximum atomic E-state index is 14.2. The molecule has 1 heterocycles. The molecule has 9 atom stereocenters. The average Bonchev–Trinajstić information content (AvgIpc) is 3.13. The van der Waals surface area contributed by atoms with Crippen molar-refractivity contribution < 1.29 is 29.3 Å². The normalized spacial score (nSPS) is 41.6. The van der Waals surface area contributed by atoms with Crippen LogP contribution in [-0.4, -0.2) is 51.7 Å². The third-order valence-corrected chi connectivity index (χ3v) is 8.53. The fourth-order valence-corrected chi connectivity index (χ4v) is 6.68. The Morgan fingerprint density at radius 3 is 2.51 bits per heavy atom. The van der Waals surface area contributed by atoms with Gasteiger partial charge in [0.15, 0.2) is 5.78 Å². The van der Waals surface area contributed by atoms with Crippen LogP contribution in [0.3, 0.4) is 0 Å². The molecular formula is C30H37NO6. The molecule has 198 valence electrons. The molecule has 7 heteroatoms. The molecule has 7 nitrogen and oxygen atoms in total. The van der Waals surface area contributed by atoms with Crippen LogP contribution in [0.25, 0.3) is 0 Å². The third kappa shape index (κ3) is 4.59. The van der Waals surface area contributed by atoms with Gasteiger partial charge in [-0.3, -0.25) is 14.4 Å². The van der Waals surface area contributed by atoms with E-state index in [1.54, 1.807) is 19.1 Å². The number of rotatable bonds is 3. The molecule has 1 aromatic carbocycles. The predicted molar refractivity (Wildman–Crippen MR) is 139 cm³/mol. The highest BCUT2D eigenvalue weighted by molar-refractivity contribution is 5.91. The van der Waals surface area contributed by atoms with Crippen molar-refractivity contribution >= 4 is 17.7 Å². The lowest BCUT2D eigenvalue weighted by molar-refractivity contribution is -0.166. The lowest BCUT2D eigenvalue weighted by atomic mass is 9.51. The number of Topliss-reactive ketones (excluding diaryl/α,β-unsaturated/α-hetero) is 1. The topological polar surface area (TPSA) is 113 Å². The molecular weight excluding hydrogens is 470 g/mol. The van der Waals surface area contributed by atoms with Gasteiger partial charge in [-0.25, -0.2) is 0 Å². The highest BCUT2D eigenvalue weighted by Crippen LogP contribution is 2.58. The predicted octanol–water partition coefficient (Wildman–Crippen LogP) is 2.92. The van der Waals surface area contributed by atoms with Crippen LogP contribution in [0.15, 0.2) is 66.8 Å². The smallest absolute Gasteiger partial charge is 0.303 e. The summed E-state index contributed by atoms with van der Waals surface area (Å²) in [6.07, 6.45) is 5.01. The number of carbonyl (C=O) groups is 3. The highest BCUT2D eigenvalue weighted by atomic mass is 16.5. The Labute approximate surface area is 218 Å². The molecule has 0 unspecified atom stereocenters. The Morgan fingerprint density at radius 1 is 1.19 bits per heavy atom. The molecule has 0 aromatic heterocycles. The zero-order valence-corrected chi connectivity index (χ0v) is 21.9. The van der Waals surface area contributed by atoms with Crippen LogP contribution in [0.1, 0.15) is 39.7 Å². The zero-order valence-electron chi connectivity index (χ0n) is 21.9. The fourth-order valence-electron chi connectivity index (χ4n) is 6.68. The van der Waals surface area contributed by atoms with Gasteiger partial charge in [-0.15, -0.1) is 0 Å². The van der Waals surface area contributed by atoms with Crippen molar-refractivity contribution in [3.05, 3.63) is 72.4 Å². The average molecular weight is 508 g/mol. The Balaban J connectivity index is 1.94. The summed E-state index contributed by atoms with van der Waals surface area (Å²) in [6, 6.07) is 9.49. The number of ketones is 1. The minimum Gasteiger partial charge on any atom is -0.457 e. The molecule has 0 bridgehead atoms. The minimum atomic E-state index is -1.82. The van der Waals surface area contributed by atoms with Gasteiger partial charge < -0.3 is 20.3 Å². The van der Waals surface area contributed by atoms with Gasteiger partial charge >= 0.3 is 5.97 Å². The number of hydrogen-bond acceptors (Lipinski definition) is 6. The summed E-state index contributed by atoms with van der Waals surface area (Å²) in [5.74, 6) is -3.26. The number of benzene rings is 1. The van der Waals surface area contributed by atoms with Crippen LogP contribution in [0, 0.1) is 29.1 Å². The maximum absolute atomic E-state index is 14.2. The summed E-state index contributed by atoms with van der Waals surface area (Å²) >= 11 is 0. The summed E-state index contributed by atoms with van der Waals surface area (Å²) in [5, 5.41) is 25.7. The third-order valence-electron chi connectivity index (χ3n) is 8.53. The molecule has 37 heavy (non-hydrogen) atoms. The fraction of sp³-hybridized carbons (Fsp3) is 0.500. The van der Waals surface area contributed by atoms with Gasteiger partial charge in [-0.2, -0.15) is 0 Å². The Morgan fingerprint density at radius 2 is 1.86 bits per heavy atom. The quantitative estimate of drug-likeness (QED) is 0.428. The van der Waals surface area contributed by atoms with E-state index in [1.807, 2.05) is 37.3 Å². The van der Waals surface area contributed by atoms with Gasteiger partial charge in [-0.05, 0) is 49.0 Å². The molecule has 4 rings (SSSR count). The van der Waals surface area contributed by atoms with Crippen molar-refractivity contribution in [1.29, 1.82) is 0 Å². The van der Waals surface area contributed by atoms with E-state index in [0.717, 1.165) is 5.56 Å². The summed E-state index contributed by atoms with van der Waals surface area (Å²) in [6.45, 7) is 10.5. The van der Waals surface area contributed by atoms with Crippen LogP contribution in [0.4, 0.5) is 0 Å². The van der Waals surface area contributed by atoms with Gasteiger partial charge in [0.05, 0.1) is 6.10 Å². The van der Waals surface area contributed by atoms with Gasteiger partial charge in [0, 0.05) is 30.7 Å². The Kier molecular flexibility index (Phi) is 7.32. The molecule has 3 aliphatic rings. The molecule has 2 aliphatic carbocycles. The van der Waals surface area contributed by atoms with Gasteiger partial charge in [0.25, 0.3) is 0 Å². The SMILES string of the molecule is C=C1[C@@H](C)[C@H]2[C@H](Cc3ccccc3)NC(=O)[C@@]23[C@H](OC(C)=O)/C=C/[C@@](C)(O)C(=O)[C@@H](C)C/C=C/[C@H]3[C@@H]1O. The first-order chi connectivity index (χ1) is 17.4. The van der Waals surface area contributed by atoms with Crippen LogP contribution in [-0.2, 0) is 25.5 Å². The Hall–Kier alpha value is -3.03.